The van der Waals surface area contributed by atoms with Crippen LogP contribution in [0.2, 0.25) is 0 Å². The molecule has 0 radical (unpaired) electrons. The van der Waals surface area contributed by atoms with Gasteiger partial charge in [0.1, 0.15) is 0 Å². The minimum atomic E-state index is 0.706. The molecule has 0 bridgehead atoms. The molecule has 3 heteroatoms. The standard InChI is InChI=1S/C60H37N3/c1-2-18-46(19-3-1)63-56-25-13-12-24-51(56)58-57-49-22-10-8-20-47(49)52(36-53(57)48-21-9-11-23-50(48)59(58)63)40-28-30-41(31-29-40)54-37-55(44-32-26-38-14-4-6-16-42(38)34-44)62-60(61-54)45-33-27-39-15-5-7-17-43(39)35-45/h1-37H. The fourth-order valence-corrected chi connectivity index (χ4v) is 9.98. The highest BCUT2D eigenvalue weighted by Gasteiger charge is 2.22. The van der Waals surface area contributed by atoms with Gasteiger partial charge in [0, 0.05) is 43.9 Å². The van der Waals surface area contributed by atoms with Gasteiger partial charge in [0.15, 0.2) is 5.82 Å². The van der Waals surface area contributed by atoms with Crippen LogP contribution in [0.15, 0.2) is 224 Å². The van der Waals surface area contributed by atoms with Gasteiger partial charge in [-0.1, -0.05) is 182 Å². The Bertz CT molecular complexity index is 3860. The molecule has 292 valence electrons. The lowest BCUT2D eigenvalue weighted by molar-refractivity contribution is 1.18. The van der Waals surface area contributed by atoms with Crippen molar-refractivity contribution in [2.45, 2.75) is 0 Å². The van der Waals surface area contributed by atoms with Crippen LogP contribution in [0.3, 0.4) is 0 Å². The molecule has 63 heavy (non-hydrogen) atoms. The lowest BCUT2D eigenvalue weighted by Gasteiger charge is -2.16. The largest absolute Gasteiger partial charge is 0.309 e. The van der Waals surface area contributed by atoms with Crippen LogP contribution in [-0.2, 0) is 0 Å². The zero-order chi connectivity index (χ0) is 41.4. The smallest absolute Gasteiger partial charge is 0.160 e. The topological polar surface area (TPSA) is 30.7 Å². The highest BCUT2D eigenvalue weighted by molar-refractivity contribution is 6.38. The number of nitrogens with zero attached hydrogens (tertiary/aromatic N) is 3. The zero-order valence-electron chi connectivity index (χ0n) is 34.2. The molecule has 0 spiro atoms. The van der Waals surface area contributed by atoms with Crippen molar-refractivity contribution in [3.63, 3.8) is 0 Å². The van der Waals surface area contributed by atoms with Gasteiger partial charge in [0.25, 0.3) is 0 Å². The SMILES string of the molecule is c1ccc(-n2c3ccccc3c3c4c5ccccc5c(-c5ccc(-c6cc(-c7ccc8ccccc8c7)nc(-c7ccc8ccccc8c7)n6)cc5)cc4c4ccccc4c32)cc1. The molecule has 11 aromatic carbocycles. The minimum absolute atomic E-state index is 0.706. The molecule has 3 nitrogen and oxygen atoms in total. The van der Waals surface area contributed by atoms with Gasteiger partial charge in [-0.2, -0.15) is 0 Å². The van der Waals surface area contributed by atoms with E-state index in [-0.39, 0.29) is 0 Å². The fourth-order valence-electron chi connectivity index (χ4n) is 9.98. The number of hydrogen-bond acceptors (Lipinski definition) is 2. The molecule has 13 rings (SSSR count). The Labute approximate surface area is 363 Å². The van der Waals surface area contributed by atoms with Crippen molar-refractivity contribution in [3.05, 3.63) is 224 Å². The molecular weight excluding hydrogens is 763 g/mol. The third-order valence-electron chi connectivity index (χ3n) is 12.9. The van der Waals surface area contributed by atoms with E-state index in [1.54, 1.807) is 0 Å². The van der Waals surface area contributed by atoms with Crippen LogP contribution in [0.5, 0.6) is 0 Å². The maximum absolute atomic E-state index is 5.26. The number of rotatable bonds is 5. The van der Waals surface area contributed by atoms with Crippen LogP contribution in [0.1, 0.15) is 0 Å². The molecule has 0 atom stereocenters. The van der Waals surface area contributed by atoms with Crippen molar-refractivity contribution >= 4 is 75.7 Å². The summed E-state index contributed by atoms with van der Waals surface area (Å²) in [7, 11) is 0. The monoisotopic (exact) mass is 799 g/mol. The minimum Gasteiger partial charge on any atom is -0.309 e. The first kappa shape index (κ1) is 35.4. The van der Waals surface area contributed by atoms with Crippen LogP contribution >= 0.6 is 0 Å². The van der Waals surface area contributed by atoms with E-state index in [4.69, 9.17) is 9.97 Å². The van der Waals surface area contributed by atoms with Crippen LogP contribution in [0.25, 0.3) is 126 Å². The Morgan fingerprint density at radius 3 is 1.56 bits per heavy atom. The average molecular weight is 800 g/mol. The van der Waals surface area contributed by atoms with Gasteiger partial charge in [0.2, 0.25) is 0 Å². The van der Waals surface area contributed by atoms with E-state index in [0.717, 1.165) is 39.3 Å². The molecule has 0 N–H and O–H groups in total. The fraction of sp³-hybridized carbons (Fsp3) is 0. The lowest BCUT2D eigenvalue weighted by Crippen LogP contribution is -1.96. The van der Waals surface area contributed by atoms with Crippen LogP contribution in [0, 0.1) is 0 Å². The van der Waals surface area contributed by atoms with E-state index in [1.807, 2.05) is 0 Å². The average Bonchev–Trinajstić information content (AvgIpc) is 3.71. The molecule has 2 heterocycles. The van der Waals surface area contributed by atoms with Crippen molar-refractivity contribution in [2.24, 2.45) is 0 Å². The van der Waals surface area contributed by atoms with E-state index in [2.05, 4.69) is 229 Å². The molecule has 2 aromatic heterocycles. The summed E-state index contributed by atoms with van der Waals surface area (Å²) in [5.74, 6) is 0.706. The molecule has 0 aliphatic rings. The molecule has 13 aromatic rings. The maximum Gasteiger partial charge on any atom is 0.160 e. The van der Waals surface area contributed by atoms with Crippen LogP contribution in [-0.4, -0.2) is 14.5 Å². The predicted octanol–water partition coefficient (Wildman–Crippen LogP) is 16.0. The molecule has 0 aliphatic carbocycles. The van der Waals surface area contributed by atoms with E-state index in [9.17, 15) is 0 Å². The first-order valence-corrected chi connectivity index (χ1v) is 21.6. The quantitative estimate of drug-likeness (QED) is 0.162. The molecule has 0 aliphatic heterocycles. The second-order valence-electron chi connectivity index (χ2n) is 16.5. The highest BCUT2D eigenvalue weighted by atomic mass is 15.0. The van der Waals surface area contributed by atoms with Gasteiger partial charge in [-0.15, -0.1) is 0 Å². The summed E-state index contributed by atoms with van der Waals surface area (Å²) in [4.78, 5) is 10.5. The van der Waals surface area contributed by atoms with Crippen molar-refractivity contribution < 1.29 is 0 Å². The summed E-state index contributed by atoms with van der Waals surface area (Å²) in [6.45, 7) is 0. The first-order valence-electron chi connectivity index (χ1n) is 21.6. The summed E-state index contributed by atoms with van der Waals surface area (Å²) < 4.78 is 2.46. The highest BCUT2D eigenvalue weighted by Crippen LogP contribution is 2.47. The van der Waals surface area contributed by atoms with Gasteiger partial charge in [-0.05, 0) is 96.7 Å². The Morgan fingerprint density at radius 1 is 0.302 bits per heavy atom. The number of benzene rings is 11. The second kappa shape index (κ2) is 14.1. The molecule has 0 fully saturated rings. The van der Waals surface area contributed by atoms with Gasteiger partial charge < -0.3 is 4.57 Å². The number of para-hydroxylation sites is 2. The Morgan fingerprint density at radius 2 is 0.825 bits per heavy atom. The second-order valence-corrected chi connectivity index (χ2v) is 16.5. The Kier molecular flexibility index (Phi) is 7.91. The lowest BCUT2D eigenvalue weighted by atomic mass is 9.88. The number of aromatic nitrogens is 3. The third kappa shape index (κ3) is 5.67. The normalized spacial score (nSPS) is 11.8. The van der Waals surface area contributed by atoms with Gasteiger partial charge in [0.05, 0.1) is 22.4 Å². The van der Waals surface area contributed by atoms with Crippen LogP contribution < -0.4 is 0 Å². The van der Waals surface area contributed by atoms with Crippen molar-refractivity contribution in [1.82, 2.24) is 14.5 Å². The molecular formula is C60H37N3. The van der Waals surface area contributed by atoms with Gasteiger partial charge in [-0.3, -0.25) is 0 Å². The summed E-state index contributed by atoms with van der Waals surface area (Å²) in [5, 5.41) is 14.8. The Hall–Kier alpha value is -8.40. The predicted molar refractivity (Wildman–Crippen MR) is 266 cm³/mol. The summed E-state index contributed by atoms with van der Waals surface area (Å²) in [6, 6.07) is 81.1. The van der Waals surface area contributed by atoms with Crippen molar-refractivity contribution in [1.29, 1.82) is 0 Å². The van der Waals surface area contributed by atoms with E-state index < -0.39 is 0 Å². The summed E-state index contributed by atoms with van der Waals surface area (Å²) in [6.07, 6.45) is 0. The van der Waals surface area contributed by atoms with Crippen molar-refractivity contribution in [3.8, 4) is 50.7 Å². The molecule has 0 unspecified atom stereocenters. The van der Waals surface area contributed by atoms with E-state index in [0.29, 0.717) is 5.82 Å². The zero-order valence-corrected chi connectivity index (χ0v) is 34.2. The van der Waals surface area contributed by atoms with Crippen molar-refractivity contribution in [2.75, 3.05) is 0 Å². The van der Waals surface area contributed by atoms with Crippen LogP contribution in [0.4, 0.5) is 0 Å². The number of fused-ring (bicyclic) bond motifs is 12. The first-order chi connectivity index (χ1) is 31.2. The summed E-state index contributed by atoms with van der Waals surface area (Å²) >= 11 is 0. The number of hydrogen-bond donors (Lipinski definition) is 0. The molecule has 0 saturated carbocycles. The van der Waals surface area contributed by atoms with Gasteiger partial charge in [-0.25, -0.2) is 9.97 Å². The summed E-state index contributed by atoms with van der Waals surface area (Å²) in [5.41, 5.74) is 10.8. The van der Waals surface area contributed by atoms with E-state index in [1.165, 1.54) is 81.2 Å². The molecule has 0 saturated heterocycles. The third-order valence-corrected chi connectivity index (χ3v) is 12.9. The molecule has 0 amide bonds. The maximum atomic E-state index is 5.26. The Balaban J connectivity index is 1.01. The van der Waals surface area contributed by atoms with E-state index >= 15 is 0 Å². The van der Waals surface area contributed by atoms with Gasteiger partial charge >= 0.3 is 0 Å².